The second kappa shape index (κ2) is 5.32. The van der Waals surface area contributed by atoms with Crippen molar-refractivity contribution in [1.29, 1.82) is 0 Å². The predicted octanol–water partition coefficient (Wildman–Crippen LogP) is -0.148. The van der Waals surface area contributed by atoms with Crippen molar-refractivity contribution in [1.82, 2.24) is 5.32 Å². The molecule has 0 saturated carbocycles. The number of aryl methyl sites for hydroxylation is 1. The molecule has 0 fully saturated rings. The summed E-state index contributed by atoms with van der Waals surface area (Å²) in [5.41, 5.74) is 0.685. The number of aliphatic hydroxyl groups excluding tert-OH is 1. The van der Waals surface area contributed by atoms with Crippen molar-refractivity contribution in [2.75, 3.05) is 13.7 Å². The van der Waals surface area contributed by atoms with Crippen molar-refractivity contribution in [2.45, 2.75) is 13.0 Å². The minimum atomic E-state index is -1.37. The number of esters is 1. The van der Waals surface area contributed by atoms with Crippen LogP contribution in [-0.2, 0) is 9.53 Å². The Balaban J connectivity index is 2.48. The molecule has 0 aliphatic carbocycles. The maximum atomic E-state index is 11.5. The van der Waals surface area contributed by atoms with Crippen molar-refractivity contribution >= 4 is 11.9 Å². The van der Waals surface area contributed by atoms with Gasteiger partial charge in [-0.25, -0.2) is 4.79 Å². The number of carbonyl (C=O) groups is 2. The van der Waals surface area contributed by atoms with Crippen molar-refractivity contribution in [3.05, 3.63) is 23.7 Å². The number of rotatable bonds is 4. The number of carbonyl (C=O) groups excluding carboxylic acids is 2. The Kier molecular flexibility index (Phi) is 4.07. The maximum Gasteiger partial charge on any atom is 0.336 e. The van der Waals surface area contributed by atoms with E-state index in [1.807, 2.05) is 0 Å². The van der Waals surface area contributed by atoms with E-state index in [2.05, 4.69) is 10.1 Å². The average molecular weight is 227 g/mol. The molecule has 0 aliphatic rings. The number of hydrogen-bond donors (Lipinski definition) is 2. The number of nitrogens with one attached hydrogen (secondary N) is 1. The summed E-state index contributed by atoms with van der Waals surface area (Å²) < 4.78 is 9.23. The molecule has 0 spiro atoms. The van der Waals surface area contributed by atoms with Gasteiger partial charge in [-0.3, -0.25) is 4.79 Å². The summed E-state index contributed by atoms with van der Waals surface area (Å²) in [5.74, 6) is -1.11. The van der Waals surface area contributed by atoms with Crippen LogP contribution in [0, 0.1) is 6.92 Å². The number of furan rings is 1. The van der Waals surface area contributed by atoms with Crippen LogP contribution in [-0.4, -0.2) is 36.7 Å². The van der Waals surface area contributed by atoms with Crippen molar-refractivity contribution in [3.8, 4) is 0 Å². The molecule has 1 amide bonds. The van der Waals surface area contributed by atoms with E-state index in [4.69, 9.17) is 4.42 Å². The lowest BCUT2D eigenvalue weighted by molar-refractivity contribution is -0.149. The molecule has 88 valence electrons. The Morgan fingerprint density at radius 2 is 2.31 bits per heavy atom. The molecular weight excluding hydrogens is 214 g/mol. The Hall–Kier alpha value is -1.82. The highest BCUT2D eigenvalue weighted by Crippen LogP contribution is 2.07. The monoisotopic (exact) mass is 227 g/mol. The van der Waals surface area contributed by atoms with Crippen LogP contribution in [0.1, 0.15) is 16.1 Å². The van der Waals surface area contributed by atoms with Crippen LogP contribution in [0.25, 0.3) is 0 Å². The third-order valence-electron chi connectivity index (χ3n) is 2.00. The molecule has 1 rings (SSSR count). The maximum absolute atomic E-state index is 11.5. The molecule has 0 radical (unpaired) electrons. The van der Waals surface area contributed by atoms with Gasteiger partial charge < -0.3 is 19.6 Å². The first-order valence-corrected chi connectivity index (χ1v) is 4.64. The number of amides is 1. The third-order valence-corrected chi connectivity index (χ3v) is 2.00. The first-order valence-electron chi connectivity index (χ1n) is 4.64. The highest BCUT2D eigenvalue weighted by atomic mass is 16.5. The molecular formula is C10H13NO5. The van der Waals surface area contributed by atoms with Gasteiger partial charge in [0, 0.05) is 5.56 Å². The van der Waals surface area contributed by atoms with Crippen molar-refractivity contribution in [2.24, 2.45) is 0 Å². The van der Waals surface area contributed by atoms with E-state index in [-0.39, 0.29) is 12.3 Å². The number of hydrogen-bond acceptors (Lipinski definition) is 5. The molecule has 1 aromatic heterocycles. The van der Waals surface area contributed by atoms with E-state index in [9.17, 15) is 14.7 Å². The molecule has 6 nitrogen and oxygen atoms in total. The summed E-state index contributed by atoms with van der Waals surface area (Å²) >= 11 is 0. The quantitative estimate of drug-likeness (QED) is 0.698. The molecule has 1 unspecified atom stereocenters. The van der Waals surface area contributed by atoms with E-state index < -0.39 is 18.0 Å². The summed E-state index contributed by atoms with van der Waals surface area (Å²) in [4.78, 5) is 22.3. The van der Waals surface area contributed by atoms with E-state index in [0.29, 0.717) is 5.56 Å². The molecule has 1 heterocycles. The Labute approximate surface area is 92.2 Å². The van der Waals surface area contributed by atoms with E-state index in [1.54, 1.807) is 13.0 Å². The molecule has 0 aliphatic heterocycles. The second-order valence-electron chi connectivity index (χ2n) is 3.18. The average Bonchev–Trinajstić information content (AvgIpc) is 2.70. The highest BCUT2D eigenvalue weighted by Gasteiger charge is 2.18. The molecule has 16 heavy (non-hydrogen) atoms. The number of methoxy groups -OCH3 is 1. The van der Waals surface area contributed by atoms with E-state index in [0.717, 1.165) is 7.11 Å². The molecule has 2 N–H and O–H groups in total. The fourth-order valence-corrected chi connectivity index (χ4v) is 1.09. The number of aliphatic hydroxyl groups is 1. The molecule has 0 saturated heterocycles. The Morgan fingerprint density at radius 1 is 1.62 bits per heavy atom. The molecule has 1 atom stereocenters. The van der Waals surface area contributed by atoms with Gasteiger partial charge in [-0.15, -0.1) is 0 Å². The second-order valence-corrected chi connectivity index (χ2v) is 3.18. The van der Waals surface area contributed by atoms with Gasteiger partial charge in [-0.05, 0) is 13.0 Å². The minimum absolute atomic E-state index is 0.164. The van der Waals surface area contributed by atoms with Gasteiger partial charge in [0.1, 0.15) is 0 Å². The summed E-state index contributed by atoms with van der Waals surface area (Å²) in [6.45, 7) is 1.50. The van der Waals surface area contributed by atoms with Crippen molar-refractivity contribution < 1.29 is 23.8 Å². The van der Waals surface area contributed by atoms with Gasteiger partial charge >= 0.3 is 5.97 Å². The first kappa shape index (κ1) is 12.3. The van der Waals surface area contributed by atoms with E-state index in [1.165, 1.54) is 6.26 Å². The molecule has 6 heteroatoms. The van der Waals surface area contributed by atoms with Crippen LogP contribution >= 0.6 is 0 Å². The van der Waals surface area contributed by atoms with E-state index >= 15 is 0 Å². The minimum Gasteiger partial charge on any atom is -0.467 e. The molecule has 0 bridgehead atoms. The van der Waals surface area contributed by atoms with Gasteiger partial charge in [-0.2, -0.15) is 0 Å². The fourth-order valence-electron chi connectivity index (χ4n) is 1.09. The lowest BCUT2D eigenvalue weighted by atomic mass is 10.2. The SMILES string of the molecule is COC(=O)C(O)CNC(=O)c1occc1C. The van der Waals surface area contributed by atoms with Crippen molar-refractivity contribution in [3.63, 3.8) is 0 Å². The van der Waals surface area contributed by atoms with Crippen LogP contribution < -0.4 is 5.32 Å². The standard InChI is InChI=1S/C10H13NO5/c1-6-3-4-16-8(6)9(13)11-5-7(12)10(14)15-2/h3-4,7,12H,5H2,1-2H3,(H,11,13). The summed E-state index contributed by atoms with van der Waals surface area (Å²) in [7, 11) is 1.16. The normalized spacial score (nSPS) is 11.9. The molecule has 0 aromatic carbocycles. The summed E-state index contributed by atoms with van der Waals surface area (Å²) in [6, 6.07) is 1.64. The fraction of sp³-hybridized carbons (Fsp3) is 0.400. The summed E-state index contributed by atoms with van der Waals surface area (Å²) in [6.07, 6.45) is 0.0188. The van der Waals surface area contributed by atoms with Gasteiger partial charge in [-0.1, -0.05) is 0 Å². The third kappa shape index (κ3) is 2.83. The Morgan fingerprint density at radius 3 is 2.81 bits per heavy atom. The van der Waals surface area contributed by atoms with Crippen LogP contribution in [0.2, 0.25) is 0 Å². The van der Waals surface area contributed by atoms with Crippen LogP contribution in [0.15, 0.2) is 16.7 Å². The van der Waals surface area contributed by atoms with Gasteiger partial charge in [0.15, 0.2) is 11.9 Å². The highest BCUT2D eigenvalue weighted by molar-refractivity contribution is 5.93. The molecule has 1 aromatic rings. The van der Waals surface area contributed by atoms with Gasteiger partial charge in [0.2, 0.25) is 0 Å². The largest absolute Gasteiger partial charge is 0.467 e. The van der Waals surface area contributed by atoms with Crippen LogP contribution in [0.3, 0.4) is 0 Å². The van der Waals surface area contributed by atoms with Gasteiger partial charge in [0.05, 0.1) is 19.9 Å². The topological polar surface area (TPSA) is 88.8 Å². The lowest BCUT2D eigenvalue weighted by Crippen LogP contribution is -2.37. The lowest BCUT2D eigenvalue weighted by Gasteiger charge is -2.08. The summed E-state index contributed by atoms with van der Waals surface area (Å²) in [5, 5.41) is 11.6. The zero-order chi connectivity index (χ0) is 12.1. The Bertz CT molecular complexity index is 384. The number of ether oxygens (including phenoxy) is 1. The smallest absolute Gasteiger partial charge is 0.336 e. The predicted molar refractivity (Wildman–Crippen MR) is 53.8 cm³/mol. The van der Waals surface area contributed by atoms with Crippen LogP contribution in [0.4, 0.5) is 0 Å². The zero-order valence-corrected chi connectivity index (χ0v) is 9.02. The van der Waals surface area contributed by atoms with Gasteiger partial charge in [0.25, 0.3) is 5.91 Å². The van der Waals surface area contributed by atoms with Crippen LogP contribution in [0.5, 0.6) is 0 Å². The first-order chi connectivity index (χ1) is 7.56. The zero-order valence-electron chi connectivity index (χ0n) is 9.02.